The van der Waals surface area contributed by atoms with Gasteiger partial charge in [-0.3, -0.25) is 4.79 Å². The molecule has 5 heteroatoms. The van der Waals surface area contributed by atoms with Crippen LogP contribution in [0.25, 0.3) is 27.7 Å². The highest BCUT2D eigenvalue weighted by Crippen LogP contribution is 2.41. The summed E-state index contributed by atoms with van der Waals surface area (Å²) in [5.74, 6) is 0.768. The number of halogens is 1. The Morgan fingerprint density at radius 1 is 1.14 bits per heavy atom. The standard InChI is InChI=1S/C30H28ClNO3/c1-4-34-29-20(3)30-26(27(18-35-30)22-9-11-24(31)12-10-22)16-25(29)19(2)15-28(33)32-14-13-21-7-5-6-8-23(21)17-32/h5-12,15-16,18H,4,13-14,17H2,1-3H3/b19-15+. The van der Waals surface area contributed by atoms with Gasteiger partial charge in [0.1, 0.15) is 11.3 Å². The second-order valence-electron chi connectivity index (χ2n) is 8.95. The van der Waals surface area contributed by atoms with Crippen LogP contribution in [-0.2, 0) is 17.8 Å². The minimum absolute atomic E-state index is 0.0160. The average Bonchev–Trinajstić information content (AvgIpc) is 3.30. The molecule has 0 N–H and O–H groups in total. The lowest BCUT2D eigenvalue weighted by Crippen LogP contribution is -2.34. The molecule has 0 saturated heterocycles. The average molecular weight is 486 g/mol. The van der Waals surface area contributed by atoms with Crippen molar-refractivity contribution in [3.05, 3.63) is 94.2 Å². The fraction of sp³-hybridized carbons (Fsp3) is 0.233. The largest absolute Gasteiger partial charge is 0.493 e. The van der Waals surface area contributed by atoms with Crippen LogP contribution in [0.1, 0.15) is 36.1 Å². The van der Waals surface area contributed by atoms with Crippen LogP contribution in [0.2, 0.25) is 5.02 Å². The van der Waals surface area contributed by atoms with Crippen LogP contribution in [0.4, 0.5) is 0 Å². The van der Waals surface area contributed by atoms with Crippen molar-refractivity contribution in [2.45, 2.75) is 33.7 Å². The van der Waals surface area contributed by atoms with Crippen molar-refractivity contribution in [3.8, 4) is 16.9 Å². The van der Waals surface area contributed by atoms with E-state index in [1.54, 1.807) is 12.3 Å². The van der Waals surface area contributed by atoms with Crippen molar-refractivity contribution in [2.24, 2.45) is 0 Å². The van der Waals surface area contributed by atoms with E-state index < -0.39 is 0 Å². The van der Waals surface area contributed by atoms with Gasteiger partial charge in [-0.25, -0.2) is 0 Å². The Kier molecular flexibility index (Phi) is 6.40. The molecule has 0 saturated carbocycles. The number of nitrogens with zero attached hydrogens (tertiary/aromatic N) is 1. The maximum Gasteiger partial charge on any atom is 0.247 e. The fourth-order valence-electron chi connectivity index (χ4n) is 4.83. The van der Waals surface area contributed by atoms with Gasteiger partial charge in [-0.15, -0.1) is 0 Å². The maximum absolute atomic E-state index is 13.3. The minimum atomic E-state index is 0.0160. The molecule has 0 bridgehead atoms. The molecule has 0 fully saturated rings. The molecule has 4 nitrogen and oxygen atoms in total. The predicted octanol–water partition coefficient (Wildman–Crippen LogP) is 7.45. The molecule has 1 aliphatic rings. The highest BCUT2D eigenvalue weighted by molar-refractivity contribution is 6.30. The first-order valence-corrected chi connectivity index (χ1v) is 12.3. The van der Waals surface area contributed by atoms with Crippen molar-refractivity contribution in [1.29, 1.82) is 0 Å². The topological polar surface area (TPSA) is 42.7 Å². The van der Waals surface area contributed by atoms with Gasteiger partial charge in [0, 0.05) is 46.3 Å². The molecule has 0 atom stereocenters. The normalized spacial score (nSPS) is 13.7. The van der Waals surface area contributed by atoms with Crippen LogP contribution in [0.3, 0.4) is 0 Å². The van der Waals surface area contributed by atoms with Crippen molar-refractivity contribution in [2.75, 3.05) is 13.2 Å². The first kappa shape index (κ1) is 23.3. The van der Waals surface area contributed by atoms with Crippen LogP contribution in [0.15, 0.2) is 71.4 Å². The quantitative estimate of drug-likeness (QED) is 0.276. The Labute approximate surface area is 210 Å². The van der Waals surface area contributed by atoms with Crippen molar-refractivity contribution in [1.82, 2.24) is 4.90 Å². The molecule has 178 valence electrons. The van der Waals surface area contributed by atoms with Gasteiger partial charge < -0.3 is 14.1 Å². The first-order valence-electron chi connectivity index (χ1n) is 11.9. The third kappa shape index (κ3) is 4.46. The molecule has 5 rings (SSSR count). The van der Waals surface area contributed by atoms with Crippen molar-refractivity contribution >= 4 is 34.1 Å². The predicted molar refractivity (Wildman–Crippen MR) is 142 cm³/mol. The van der Waals surface area contributed by atoms with Crippen LogP contribution >= 0.6 is 11.6 Å². The number of allylic oxidation sites excluding steroid dienone is 1. The van der Waals surface area contributed by atoms with E-state index in [2.05, 4.69) is 24.3 Å². The number of benzene rings is 3. The zero-order valence-corrected chi connectivity index (χ0v) is 21.0. The van der Waals surface area contributed by atoms with Gasteiger partial charge in [-0.1, -0.05) is 48.0 Å². The number of hydrogen-bond donors (Lipinski definition) is 0. The lowest BCUT2D eigenvalue weighted by molar-refractivity contribution is -0.126. The number of ether oxygens (including phenoxy) is 1. The van der Waals surface area contributed by atoms with Gasteiger partial charge in [-0.05, 0) is 67.7 Å². The summed E-state index contributed by atoms with van der Waals surface area (Å²) in [6, 6.07) is 18.1. The summed E-state index contributed by atoms with van der Waals surface area (Å²) in [4.78, 5) is 15.2. The monoisotopic (exact) mass is 485 g/mol. The molecule has 0 spiro atoms. The smallest absolute Gasteiger partial charge is 0.247 e. The van der Waals surface area contributed by atoms with Gasteiger partial charge in [0.2, 0.25) is 5.91 Å². The van der Waals surface area contributed by atoms with Crippen molar-refractivity contribution in [3.63, 3.8) is 0 Å². The van der Waals surface area contributed by atoms with Gasteiger partial charge in [0.05, 0.1) is 12.9 Å². The van der Waals surface area contributed by atoms with Gasteiger partial charge in [0.25, 0.3) is 0 Å². The number of hydrogen-bond acceptors (Lipinski definition) is 3. The second-order valence-corrected chi connectivity index (χ2v) is 9.39. The summed E-state index contributed by atoms with van der Waals surface area (Å²) >= 11 is 6.10. The number of rotatable bonds is 5. The second kappa shape index (κ2) is 9.63. The summed E-state index contributed by atoms with van der Waals surface area (Å²) in [7, 11) is 0. The molecular weight excluding hydrogens is 458 g/mol. The molecule has 1 amide bonds. The molecule has 2 heterocycles. The fourth-order valence-corrected chi connectivity index (χ4v) is 4.96. The third-order valence-corrected chi connectivity index (χ3v) is 6.95. The molecule has 0 radical (unpaired) electrons. The van der Waals surface area contributed by atoms with E-state index in [9.17, 15) is 4.79 Å². The Bertz CT molecular complexity index is 1430. The summed E-state index contributed by atoms with van der Waals surface area (Å²) < 4.78 is 12.0. The lowest BCUT2D eigenvalue weighted by Gasteiger charge is -2.28. The van der Waals surface area contributed by atoms with Gasteiger partial charge >= 0.3 is 0 Å². The summed E-state index contributed by atoms with van der Waals surface area (Å²) in [6.07, 6.45) is 4.39. The van der Waals surface area contributed by atoms with E-state index >= 15 is 0 Å². The zero-order valence-electron chi connectivity index (χ0n) is 20.2. The van der Waals surface area contributed by atoms with Crippen LogP contribution in [0, 0.1) is 6.92 Å². The molecular formula is C30H28ClNO3. The molecule has 0 unspecified atom stereocenters. The third-order valence-electron chi connectivity index (χ3n) is 6.69. The lowest BCUT2D eigenvalue weighted by atomic mass is 9.96. The highest BCUT2D eigenvalue weighted by Gasteiger charge is 2.22. The van der Waals surface area contributed by atoms with E-state index in [-0.39, 0.29) is 5.91 Å². The Morgan fingerprint density at radius 2 is 1.89 bits per heavy atom. The Morgan fingerprint density at radius 3 is 2.63 bits per heavy atom. The molecule has 0 aliphatic carbocycles. The zero-order chi connectivity index (χ0) is 24.5. The van der Waals surface area contributed by atoms with Gasteiger partial charge in [-0.2, -0.15) is 0 Å². The molecule has 1 aliphatic heterocycles. The molecule has 3 aromatic carbocycles. The Balaban J connectivity index is 1.54. The number of fused-ring (bicyclic) bond motifs is 2. The van der Waals surface area contributed by atoms with E-state index in [0.717, 1.165) is 57.5 Å². The van der Waals surface area contributed by atoms with E-state index in [1.165, 1.54) is 11.1 Å². The SMILES string of the molecule is CCOc1c(/C(C)=C/C(=O)N2CCc3ccccc3C2)cc2c(-c3ccc(Cl)cc3)coc2c1C. The minimum Gasteiger partial charge on any atom is -0.493 e. The summed E-state index contributed by atoms with van der Waals surface area (Å²) in [5, 5.41) is 1.67. The van der Waals surface area contributed by atoms with Crippen LogP contribution in [-0.4, -0.2) is 24.0 Å². The number of amides is 1. The summed E-state index contributed by atoms with van der Waals surface area (Å²) in [5.41, 5.74) is 8.02. The molecule has 35 heavy (non-hydrogen) atoms. The van der Waals surface area contributed by atoms with Crippen LogP contribution < -0.4 is 4.74 Å². The summed E-state index contributed by atoms with van der Waals surface area (Å²) in [6.45, 7) is 7.82. The van der Waals surface area contributed by atoms with E-state index in [0.29, 0.717) is 18.2 Å². The maximum atomic E-state index is 13.3. The number of carbonyl (C=O) groups excluding carboxylic acids is 1. The number of carbonyl (C=O) groups is 1. The first-order chi connectivity index (χ1) is 17.0. The molecule has 4 aromatic rings. The Hall–Kier alpha value is -3.50. The van der Waals surface area contributed by atoms with E-state index in [4.69, 9.17) is 20.8 Å². The van der Waals surface area contributed by atoms with Crippen LogP contribution in [0.5, 0.6) is 5.75 Å². The molecule has 1 aromatic heterocycles. The number of furan rings is 1. The number of aryl methyl sites for hydroxylation is 1. The highest BCUT2D eigenvalue weighted by atomic mass is 35.5. The van der Waals surface area contributed by atoms with Gasteiger partial charge in [0.15, 0.2) is 0 Å². The van der Waals surface area contributed by atoms with Crippen molar-refractivity contribution < 1.29 is 13.9 Å². The van der Waals surface area contributed by atoms with E-state index in [1.807, 2.05) is 56.0 Å².